The number of carbonyl (C=O) groups is 1. The molecule has 0 heterocycles. The molecule has 2 aromatic carbocycles. The molecule has 0 unspecified atom stereocenters. The topological polar surface area (TPSA) is 38.3 Å². The van der Waals surface area contributed by atoms with Crippen LogP contribution in [0.15, 0.2) is 53.0 Å². The van der Waals surface area contributed by atoms with Crippen LogP contribution in [0.2, 0.25) is 0 Å². The number of hydrogen-bond acceptors (Lipinski definition) is 2. The molecule has 0 bridgehead atoms. The minimum Gasteiger partial charge on any atom is -0.445 e. The van der Waals surface area contributed by atoms with Crippen LogP contribution in [0.5, 0.6) is 0 Å². The molecule has 0 aromatic heterocycles. The first-order chi connectivity index (χ1) is 11.1. The Labute approximate surface area is 145 Å². The number of nitrogens with one attached hydrogen (secondary N) is 1. The lowest BCUT2D eigenvalue weighted by molar-refractivity contribution is 0.134. The Morgan fingerprint density at radius 3 is 2.61 bits per heavy atom. The van der Waals surface area contributed by atoms with Crippen LogP contribution < -0.4 is 5.32 Å². The second kappa shape index (κ2) is 6.75. The van der Waals surface area contributed by atoms with Gasteiger partial charge in [-0.2, -0.15) is 0 Å². The minimum absolute atomic E-state index is 0.140. The Hall–Kier alpha value is -1.81. The Kier molecular flexibility index (Phi) is 4.71. The second-order valence-electron chi connectivity index (χ2n) is 6.17. The van der Waals surface area contributed by atoms with Gasteiger partial charge in [-0.3, -0.25) is 0 Å². The first-order valence-electron chi connectivity index (χ1n) is 7.81. The molecule has 0 saturated heterocycles. The fraction of sp³-hybridized carbons (Fsp3) is 0.316. The predicted molar refractivity (Wildman–Crippen MR) is 94.3 cm³/mol. The van der Waals surface area contributed by atoms with Gasteiger partial charge in [-0.25, -0.2) is 4.79 Å². The van der Waals surface area contributed by atoms with E-state index in [0.29, 0.717) is 6.61 Å². The van der Waals surface area contributed by atoms with E-state index in [1.807, 2.05) is 42.5 Å². The van der Waals surface area contributed by atoms with Gasteiger partial charge >= 0.3 is 6.09 Å². The molecule has 3 rings (SSSR count). The normalized spacial score (nSPS) is 15.0. The van der Waals surface area contributed by atoms with Crippen molar-refractivity contribution >= 4 is 22.0 Å². The maximum Gasteiger partial charge on any atom is 0.407 e. The fourth-order valence-corrected chi connectivity index (χ4v) is 3.09. The molecule has 1 saturated carbocycles. The van der Waals surface area contributed by atoms with Gasteiger partial charge in [0, 0.05) is 10.0 Å². The molecule has 0 atom stereocenters. The lowest BCUT2D eigenvalue weighted by Gasteiger charge is -2.19. The number of ether oxygens (including phenoxy) is 1. The monoisotopic (exact) mass is 373 g/mol. The van der Waals surface area contributed by atoms with Gasteiger partial charge in [0.1, 0.15) is 6.61 Å². The molecule has 0 radical (unpaired) electrons. The molecular formula is C19H20BrNO2. The molecule has 0 spiro atoms. The Bertz CT molecular complexity index is 696. The van der Waals surface area contributed by atoms with Gasteiger partial charge in [0.05, 0.1) is 0 Å². The van der Waals surface area contributed by atoms with Crippen molar-refractivity contribution in [3.05, 3.63) is 69.7 Å². The van der Waals surface area contributed by atoms with Crippen LogP contribution in [0.4, 0.5) is 4.79 Å². The molecule has 1 aliphatic carbocycles. The first kappa shape index (κ1) is 16.1. The zero-order chi connectivity index (χ0) is 16.3. The summed E-state index contributed by atoms with van der Waals surface area (Å²) < 4.78 is 6.45. The molecular weight excluding hydrogens is 354 g/mol. The highest BCUT2D eigenvalue weighted by Crippen LogP contribution is 2.40. The van der Waals surface area contributed by atoms with Crippen molar-refractivity contribution in [1.82, 2.24) is 5.32 Å². The highest BCUT2D eigenvalue weighted by atomic mass is 79.9. The highest BCUT2D eigenvalue weighted by Gasteiger charge is 2.44. The van der Waals surface area contributed by atoms with Crippen LogP contribution >= 0.6 is 15.9 Å². The molecule has 1 amide bonds. The van der Waals surface area contributed by atoms with Crippen LogP contribution in [-0.2, 0) is 17.8 Å². The Balaban J connectivity index is 1.56. The third kappa shape index (κ3) is 4.14. The number of benzene rings is 2. The Morgan fingerprint density at radius 2 is 1.91 bits per heavy atom. The largest absolute Gasteiger partial charge is 0.445 e. The van der Waals surface area contributed by atoms with Crippen molar-refractivity contribution in [2.45, 2.75) is 38.3 Å². The van der Waals surface area contributed by atoms with Gasteiger partial charge in [0.25, 0.3) is 0 Å². The predicted octanol–water partition coefficient (Wildman–Crippen LogP) is 4.76. The van der Waals surface area contributed by atoms with Gasteiger partial charge in [0.15, 0.2) is 0 Å². The second-order valence-corrected chi connectivity index (χ2v) is 7.02. The summed E-state index contributed by atoms with van der Waals surface area (Å²) in [5, 5.41) is 3.06. The number of amides is 1. The van der Waals surface area contributed by atoms with E-state index in [-0.39, 0.29) is 11.6 Å². The molecule has 1 aliphatic rings. The van der Waals surface area contributed by atoms with Gasteiger partial charge in [-0.1, -0.05) is 58.4 Å². The number of carbonyl (C=O) groups excluding carboxylic acids is 1. The summed E-state index contributed by atoms with van der Waals surface area (Å²) in [4.78, 5) is 12.1. The number of alkyl carbamates (subject to hydrolysis) is 1. The third-order valence-corrected chi connectivity index (χ3v) is 5.20. The average molecular weight is 374 g/mol. The lowest BCUT2D eigenvalue weighted by atomic mass is 10.00. The standard InChI is InChI=1S/C19H20BrNO2/c1-14-16(8-5-9-17(14)20)12-19(10-11-19)21-18(22)23-13-15-6-3-2-4-7-15/h2-9H,10-13H2,1H3,(H,21,22). The van der Waals surface area contributed by atoms with Gasteiger partial charge in [0.2, 0.25) is 0 Å². The average Bonchev–Trinajstić information content (AvgIpc) is 3.30. The van der Waals surface area contributed by atoms with E-state index < -0.39 is 0 Å². The fourth-order valence-electron chi connectivity index (χ4n) is 2.68. The van der Waals surface area contributed by atoms with Crippen LogP contribution in [0.3, 0.4) is 0 Å². The highest BCUT2D eigenvalue weighted by molar-refractivity contribution is 9.10. The van der Waals surface area contributed by atoms with E-state index in [9.17, 15) is 4.79 Å². The molecule has 1 fully saturated rings. The van der Waals surface area contributed by atoms with E-state index in [1.54, 1.807) is 0 Å². The maximum absolute atomic E-state index is 12.1. The lowest BCUT2D eigenvalue weighted by Crippen LogP contribution is -2.39. The summed E-state index contributed by atoms with van der Waals surface area (Å²) in [6.45, 7) is 2.40. The molecule has 120 valence electrons. The van der Waals surface area contributed by atoms with Gasteiger partial charge in [-0.15, -0.1) is 0 Å². The molecule has 3 nitrogen and oxygen atoms in total. The molecule has 0 aliphatic heterocycles. The van der Waals surface area contributed by atoms with Crippen LogP contribution in [0.25, 0.3) is 0 Å². The van der Waals surface area contributed by atoms with Crippen molar-refractivity contribution in [2.75, 3.05) is 0 Å². The van der Waals surface area contributed by atoms with Crippen molar-refractivity contribution in [1.29, 1.82) is 0 Å². The van der Waals surface area contributed by atoms with Crippen molar-refractivity contribution in [2.24, 2.45) is 0 Å². The molecule has 4 heteroatoms. The molecule has 2 aromatic rings. The summed E-state index contributed by atoms with van der Waals surface area (Å²) in [5.74, 6) is 0. The first-order valence-corrected chi connectivity index (χ1v) is 8.60. The van der Waals surface area contributed by atoms with Crippen molar-refractivity contribution < 1.29 is 9.53 Å². The quantitative estimate of drug-likeness (QED) is 0.820. The smallest absolute Gasteiger partial charge is 0.407 e. The zero-order valence-corrected chi connectivity index (χ0v) is 14.7. The number of halogens is 1. The van der Waals surface area contributed by atoms with E-state index in [0.717, 1.165) is 29.3 Å². The van der Waals surface area contributed by atoms with E-state index >= 15 is 0 Å². The summed E-state index contributed by atoms with van der Waals surface area (Å²) in [6, 6.07) is 15.9. The van der Waals surface area contributed by atoms with E-state index in [2.05, 4.69) is 34.2 Å². The van der Waals surface area contributed by atoms with Crippen LogP contribution in [0.1, 0.15) is 29.5 Å². The Morgan fingerprint density at radius 1 is 1.17 bits per heavy atom. The maximum atomic E-state index is 12.1. The third-order valence-electron chi connectivity index (χ3n) is 4.34. The SMILES string of the molecule is Cc1c(Br)cccc1CC1(NC(=O)OCc2ccccc2)CC1. The minimum atomic E-state index is -0.334. The van der Waals surface area contributed by atoms with Crippen molar-refractivity contribution in [3.8, 4) is 0 Å². The van der Waals surface area contributed by atoms with Gasteiger partial charge < -0.3 is 10.1 Å². The summed E-state index contributed by atoms with van der Waals surface area (Å²) in [6.07, 6.45) is 2.51. The van der Waals surface area contributed by atoms with E-state index in [1.165, 1.54) is 11.1 Å². The molecule has 1 N–H and O–H groups in total. The summed E-state index contributed by atoms with van der Waals surface area (Å²) in [7, 11) is 0. The number of hydrogen-bond donors (Lipinski definition) is 1. The van der Waals surface area contributed by atoms with Crippen LogP contribution in [-0.4, -0.2) is 11.6 Å². The van der Waals surface area contributed by atoms with E-state index in [4.69, 9.17) is 4.74 Å². The summed E-state index contributed by atoms with van der Waals surface area (Å²) in [5.41, 5.74) is 3.35. The van der Waals surface area contributed by atoms with Crippen molar-refractivity contribution in [3.63, 3.8) is 0 Å². The summed E-state index contributed by atoms with van der Waals surface area (Å²) >= 11 is 3.56. The number of rotatable bonds is 5. The zero-order valence-electron chi connectivity index (χ0n) is 13.1. The molecule has 23 heavy (non-hydrogen) atoms. The van der Waals surface area contributed by atoms with Gasteiger partial charge in [-0.05, 0) is 48.9 Å². The van der Waals surface area contributed by atoms with Crippen LogP contribution in [0, 0.1) is 6.92 Å².